The molecule has 20 heavy (non-hydrogen) atoms. The molecule has 1 aromatic rings. The number of rotatable bonds is 4. The third kappa shape index (κ3) is 5.17. The second kappa shape index (κ2) is 9.50. The van der Waals surface area contributed by atoms with Crippen LogP contribution in [0.15, 0.2) is 18.2 Å². The van der Waals surface area contributed by atoms with Gasteiger partial charge in [-0.05, 0) is 24.1 Å². The maximum atomic E-state index is 13.3. The van der Waals surface area contributed by atoms with Gasteiger partial charge in [0.2, 0.25) is 0 Å². The minimum atomic E-state index is -0.485. The molecule has 0 amide bonds. The van der Waals surface area contributed by atoms with Gasteiger partial charge in [0.25, 0.3) is 0 Å². The summed E-state index contributed by atoms with van der Waals surface area (Å²) in [6.45, 7) is 5.85. The molecule has 2 rings (SSSR count). The van der Waals surface area contributed by atoms with E-state index in [2.05, 4.69) is 17.1 Å². The summed E-state index contributed by atoms with van der Waals surface area (Å²) in [7, 11) is 0. The van der Waals surface area contributed by atoms with Crippen molar-refractivity contribution in [2.45, 2.75) is 25.8 Å². The molecule has 1 aromatic carbocycles. The van der Waals surface area contributed by atoms with Crippen LogP contribution in [0.2, 0.25) is 0 Å². The molecule has 1 saturated heterocycles. The second-order valence-electron chi connectivity index (χ2n) is 4.79. The fourth-order valence-electron chi connectivity index (χ4n) is 2.59. The standard InChI is InChI=1S/C14H20F2N2.2ClH/c1-2-3-14(18-6-4-17-5-7-18)11-8-12(15)10-13(16)9-11;;/h8-10,14,17H,2-7H2,1H3;2*1H/t14-;;/m1../s1. The van der Waals surface area contributed by atoms with Crippen LogP contribution in [0, 0.1) is 11.6 Å². The molecule has 0 aliphatic carbocycles. The molecular formula is C14H22Cl2F2N2. The van der Waals surface area contributed by atoms with E-state index in [4.69, 9.17) is 0 Å². The lowest BCUT2D eigenvalue weighted by Crippen LogP contribution is -2.45. The maximum Gasteiger partial charge on any atom is 0.126 e. The third-order valence-corrected chi connectivity index (χ3v) is 3.42. The molecule has 1 N–H and O–H groups in total. The summed E-state index contributed by atoms with van der Waals surface area (Å²) in [6, 6.07) is 3.99. The van der Waals surface area contributed by atoms with Crippen molar-refractivity contribution in [1.29, 1.82) is 0 Å². The zero-order valence-corrected chi connectivity index (χ0v) is 13.2. The molecule has 1 aliphatic heterocycles. The quantitative estimate of drug-likeness (QED) is 0.910. The third-order valence-electron chi connectivity index (χ3n) is 3.42. The van der Waals surface area contributed by atoms with E-state index >= 15 is 0 Å². The molecule has 6 heteroatoms. The van der Waals surface area contributed by atoms with E-state index in [1.807, 2.05) is 0 Å². The number of hydrogen-bond acceptors (Lipinski definition) is 2. The summed E-state index contributed by atoms with van der Waals surface area (Å²) in [5.74, 6) is -0.970. The Labute approximate surface area is 131 Å². The van der Waals surface area contributed by atoms with Crippen LogP contribution in [0.4, 0.5) is 8.78 Å². The summed E-state index contributed by atoms with van der Waals surface area (Å²) in [6.07, 6.45) is 1.94. The van der Waals surface area contributed by atoms with Crippen molar-refractivity contribution in [1.82, 2.24) is 10.2 Å². The maximum absolute atomic E-state index is 13.3. The van der Waals surface area contributed by atoms with Gasteiger partial charge in [-0.15, -0.1) is 24.8 Å². The predicted octanol–water partition coefficient (Wildman–Crippen LogP) is 3.55. The average molecular weight is 327 g/mol. The Morgan fingerprint density at radius 1 is 1.10 bits per heavy atom. The van der Waals surface area contributed by atoms with Crippen molar-refractivity contribution in [3.8, 4) is 0 Å². The first-order chi connectivity index (χ1) is 8.70. The normalized spacial score (nSPS) is 16.9. The molecule has 0 unspecified atom stereocenters. The van der Waals surface area contributed by atoms with Crippen LogP contribution in [0.25, 0.3) is 0 Å². The summed E-state index contributed by atoms with van der Waals surface area (Å²) in [4.78, 5) is 2.31. The molecule has 0 radical (unpaired) electrons. The van der Waals surface area contributed by atoms with Crippen LogP contribution < -0.4 is 5.32 Å². The van der Waals surface area contributed by atoms with Crippen LogP contribution in [0.3, 0.4) is 0 Å². The van der Waals surface area contributed by atoms with Crippen molar-refractivity contribution >= 4 is 24.8 Å². The highest BCUT2D eigenvalue weighted by Crippen LogP contribution is 2.27. The molecule has 116 valence electrons. The van der Waals surface area contributed by atoms with Gasteiger partial charge in [0.1, 0.15) is 11.6 Å². The Hall–Kier alpha value is -0.420. The molecule has 1 atom stereocenters. The minimum Gasteiger partial charge on any atom is -0.314 e. The average Bonchev–Trinajstić information content (AvgIpc) is 2.36. The highest BCUT2D eigenvalue weighted by Gasteiger charge is 2.22. The molecule has 0 saturated carbocycles. The van der Waals surface area contributed by atoms with Gasteiger partial charge in [-0.3, -0.25) is 4.90 Å². The van der Waals surface area contributed by atoms with Crippen molar-refractivity contribution in [2.75, 3.05) is 26.2 Å². The molecule has 0 spiro atoms. The van der Waals surface area contributed by atoms with E-state index in [1.54, 1.807) is 0 Å². The van der Waals surface area contributed by atoms with Gasteiger partial charge in [-0.1, -0.05) is 13.3 Å². The highest BCUT2D eigenvalue weighted by atomic mass is 35.5. The van der Waals surface area contributed by atoms with Crippen molar-refractivity contribution in [3.63, 3.8) is 0 Å². The topological polar surface area (TPSA) is 15.3 Å². The molecule has 1 heterocycles. The first kappa shape index (κ1) is 19.6. The number of piperazine rings is 1. The van der Waals surface area contributed by atoms with Crippen LogP contribution >= 0.6 is 24.8 Å². The van der Waals surface area contributed by atoms with Crippen molar-refractivity contribution in [2.24, 2.45) is 0 Å². The Balaban J connectivity index is 0.00000180. The molecular weight excluding hydrogens is 305 g/mol. The predicted molar refractivity (Wildman–Crippen MR) is 82.9 cm³/mol. The van der Waals surface area contributed by atoms with Gasteiger partial charge in [-0.2, -0.15) is 0 Å². The molecule has 0 bridgehead atoms. The van der Waals surface area contributed by atoms with Crippen LogP contribution in [0.1, 0.15) is 31.4 Å². The smallest absolute Gasteiger partial charge is 0.126 e. The Morgan fingerprint density at radius 3 is 2.15 bits per heavy atom. The summed E-state index contributed by atoms with van der Waals surface area (Å²) in [5, 5.41) is 3.30. The van der Waals surface area contributed by atoms with E-state index in [0.29, 0.717) is 0 Å². The number of halogens is 4. The largest absolute Gasteiger partial charge is 0.314 e. The lowest BCUT2D eigenvalue weighted by molar-refractivity contribution is 0.164. The van der Waals surface area contributed by atoms with Crippen LogP contribution in [0.5, 0.6) is 0 Å². The van der Waals surface area contributed by atoms with Gasteiger partial charge in [0, 0.05) is 38.3 Å². The Kier molecular flexibility index (Phi) is 9.30. The minimum absolute atomic E-state index is 0. The zero-order chi connectivity index (χ0) is 13.0. The van der Waals surface area contributed by atoms with Crippen molar-refractivity contribution < 1.29 is 8.78 Å². The monoisotopic (exact) mass is 326 g/mol. The molecule has 1 aliphatic rings. The number of nitrogens with zero attached hydrogens (tertiary/aromatic N) is 1. The summed E-state index contributed by atoms with van der Waals surface area (Å²) >= 11 is 0. The molecule has 1 fully saturated rings. The number of benzene rings is 1. The number of hydrogen-bond donors (Lipinski definition) is 1. The first-order valence-corrected chi connectivity index (χ1v) is 6.61. The van der Waals surface area contributed by atoms with E-state index < -0.39 is 11.6 Å². The van der Waals surface area contributed by atoms with Gasteiger partial charge < -0.3 is 5.32 Å². The first-order valence-electron chi connectivity index (χ1n) is 6.61. The SMILES string of the molecule is CCC[C@H](c1cc(F)cc(F)c1)N1CCNCC1.Cl.Cl. The fraction of sp³-hybridized carbons (Fsp3) is 0.571. The van der Waals surface area contributed by atoms with E-state index in [9.17, 15) is 8.78 Å². The van der Waals surface area contributed by atoms with E-state index in [-0.39, 0.29) is 30.9 Å². The van der Waals surface area contributed by atoms with Gasteiger partial charge in [0.05, 0.1) is 0 Å². The van der Waals surface area contributed by atoms with Crippen molar-refractivity contribution in [3.05, 3.63) is 35.4 Å². The zero-order valence-electron chi connectivity index (χ0n) is 11.6. The van der Waals surface area contributed by atoms with Gasteiger partial charge >= 0.3 is 0 Å². The van der Waals surface area contributed by atoms with Crippen LogP contribution in [-0.4, -0.2) is 31.1 Å². The second-order valence-corrected chi connectivity index (χ2v) is 4.79. The Morgan fingerprint density at radius 2 is 1.65 bits per heavy atom. The van der Waals surface area contributed by atoms with Gasteiger partial charge in [-0.25, -0.2) is 8.78 Å². The fourth-order valence-corrected chi connectivity index (χ4v) is 2.59. The Bertz CT molecular complexity index is 379. The highest BCUT2D eigenvalue weighted by molar-refractivity contribution is 5.85. The van der Waals surface area contributed by atoms with E-state index in [0.717, 1.165) is 50.7 Å². The molecule has 0 aromatic heterocycles. The lowest BCUT2D eigenvalue weighted by atomic mass is 9.99. The molecule has 2 nitrogen and oxygen atoms in total. The van der Waals surface area contributed by atoms with Crippen LogP contribution in [-0.2, 0) is 0 Å². The lowest BCUT2D eigenvalue weighted by Gasteiger charge is -2.35. The van der Waals surface area contributed by atoms with E-state index in [1.165, 1.54) is 12.1 Å². The number of nitrogens with one attached hydrogen (secondary N) is 1. The summed E-state index contributed by atoms with van der Waals surface area (Å²) in [5.41, 5.74) is 0.760. The van der Waals surface area contributed by atoms with Gasteiger partial charge in [0.15, 0.2) is 0 Å². The summed E-state index contributed by atoms with van der Waals surface area (Å²) < 4.78 is 26.6.